The highest BCUT2D eigenvalue weighted by Gasteiger charge is 2.10. The van der Waals surface area contributed by atoms with Crippen LogP contribution in [0.2, 0.25) is 0 Å². The highest BCUT2D eigenvalue weighted by Crippen LogP contribution is 2.12. The minimum absolute atomic E-state index is 0.107. The number of benzene rings is 1. The number of anilines is 1. The number of nitrogens with one attached hydrogen (secondary N) is 2. The van der Waals surface area contributed by atoms with Gasteiger partial charge in [-0.3, -0.25) is 9.59 Å². The Morgan fingerprint density at radius 3 is 2.41 bits per heavy atom. The fourth-order valence-electron chi connectivity index (χ4n) is 2.29. The van der Waals surface area contributed by atoms with E-state index in [4.69, 9.17) is 4.42 Å². The third-order valence-corrected chi connectivity index (χ3v) is 3.80. The molecule has 2 rings (SSSR count). The van der Waals surface area contributed by atoms with E-state index in [-0.39, 0.29) is 31.1 Å². The summed E-state index contributed by atoms with van der Waals surface area (Å²) in [7, 11) is 0. The largest absolute Gasteiger partial charge is 0.550 e. The van der Waals surface area contributed by atoms with Gasteiger partial charge in [0.05, 0.1) is 17.5 Å². The Labute approximate surface area is 156 Å². The van der Waals surface area contributed by atoms with Crippen LogP contribution in [0.5, 0.6) is 0 Å². The first-order valence-electron chi connectivity index (χ1n) is 8.35. The first-order valence-corrected chi connectivity index (χ1v) is 8.35. The molecule has 0 aliphatic carbocycles. The summed E-state index contributed by atoms with van der Waals surface area (Å²) >= 11 is 0. The van der Waals surface area contributed by atoms with E-state index in [2.05, 4.69) is 15.8 Å². The molecule has 0 saturated carbocycles. The molecule has 0 aliphatic rings. The van der Waals surface area contributed by atoms with Crippen molar-refractivity contribution in [3.05, 3.63) is 53.5 Å². The first kappa shape index (κ1) is 19.9. The van der Waals surface area contributed by atoms with Gasteiger partial charge in [-0.25, -0.2) is 5.43 Å². The number of carbonyl (C=O) groups excluding carboxylic acids is 3. The Bertz CT molecular complexity index is 852. The maximum absolute atomic E-state index is 12.0. The Morgan fingerprint density at radius 1 is 1.11 bits per heavy atom. The Kier molecular flexibility index (Phi) is 6.87. The predicted octanol–water partition coefficient (Wildman–Crippen LogP) is 1.60. The molecule has 0 spiro atoms. The molecule has 27 heavy (non-hydrogen) atoms. The van der Waals surface area contributed by atoms with Crippen molar-refractivity contribution in [2.45, 2.75) is 33.1 Å². The summed E-state index contributed by atoms with van der Waals surface area (Å²) in [6.45, 7) is 3.44. The second-order valence-corrected chi connectivity index (χ2v) is 5.88. The molecular weight excluding hydrogens is 350 g/mol. The van der Waals surface area contributed by atoms with Crippen molar-refractivity contribution < 1.29 is 23.9 Å². The van der Waals surface area contributed by atoms with E-state index in [1.165, 1.54) is 6.26 Å². The lowest BCUT2D eigenvalue weighted by atomic mass is 10.1. The van der Waals surface area contributed by atoms with Crippen LogP contribution >= 0.6 is 0 Å². The number of nitrogens with zero attached hydrogens (tertiary/aromatic N) is 1. The van der Waals surface area contributed by atoms with Gasteiger partial charge >= 0.3 is 0 Å². The van der Waals surface area contributed by atoms with Gasteiger partial charge in [-0.1, -0.05) is 12.1 Å². The Hall–Kier alpha value is -3.42. The number of hydrazone groups is 1. The number of hydrogen-bond donors (Lipinski definition) is 2. The Morgan fingerprint density at radius 2 is 1.81 bits per heavy atom. The van der Waals surface area contributed by atoms with E-state index in [1.54, 1.807) is 44.2 Å². The molecule has 2 aromatic rings. The number of hydrogen-bond acceptors (Lipinski definition) is 6. The number of aliphatic carboxylic acids is 1. The third kappa shape index (κ3) is 6.10. The summed E-state index contributed by atoms with van der Waals surface area (Å²) in [6, 6.07) is 8.48. The average Bonchev–Trinajstić information content (AvgIpc) is 3.05. The lowest BCUT2D eigenvalue weighted by Crippen LogP contribution is -2.22. The summed E-state index contributed by atoms with van der Waals surface area (Å²) in [5.74, 6) is -1.28. The highest BCUT2D eigenvalue weighted by atomic mass is 16.4. The molecule has 0 aliphatic heterocycles. The summed E-state index contributed by atoms with van der Waals surface area (Å²) in [5.41, 5.74) is 4.84. The van der Waals surface area contributed by atoms with E-state index in [0.29, 0.717) is 22.7 Å². The molecule has 1 aromatic carbocycles. The Balaban J connectivity index is 1.90. The van der Waals surface area contributed by atoms with Gasteiger partial charge in [0.2, 0.25) is 5.91 Å². The van der Waals surface area contributed by atoms with Crippen molar-refractivity contribution in [2.75, 3.05) is 5.32 Å². The molecule has 0 unspecified atom stereocenters. The SMILES string of the molecule is C/C(=N\NC(=O)c1ccoc1C)c1ccc(NC(=O)CCCC(=O)[O-])cc1. The lowest BCUT2D eigenvalue weighted by Gasteiger charge is -2.07. The predicted molar refractivity (Wildman–Crippen MR) is 97.1 cm³/mol. The highest BCUT2D eigenvalue weighted by molar-refractivity contribution is 6.01. The molecular formula is C19H20N3O5-. The number of carboxylic acids is 1. The van der Waals surface area contributed by atoms with Crippen LogP contribution < -0.4 is 15.8 Å². The van der Waals surface area contributed by atoms with Crippen LogP contribution in [-0.4, -0.2) is 23.5 Å². The van der Waals surface area contributed by atoms with Crippen molar-refractivity contribution in [3.8, 4) is 0 Å². The zero-order valence-electron chi connectivity index (χ0n) is 15.1. The number of amides is 2. The minimum atomic E-state index is -1.17. The standard InChI is InChI=1S/C19H21N3O5/c1-12(21-22-19(26)16-10-11-27-13(16)2)14-6-8-15(9-7-14)20-17(23)4-3-5-18(24)25/h6-11H,3-5H2,1-2H3,(H,20,23)(H,22,26)(H,24,25)/p-1/b21-12+. The topological polar surface area (TPSA) is 124 Å². The maximum atomic E-state index is 12.0. The van der Waals surface area contributed by atoms with Crippen LogP contribution in [0.3, 0.4) is 0 Å². The molecule has 142 valence electrons. The molecule has 1 heterocycles. The van der Waals surface area contributed by atoms with E-state index in [9.17, 15) is 19.5 Å². The average molecular weight is 370 g/mol. The number of carbonyl (C=O) groups is 3. The normalized spacial score (nSPS) is 11.1. The monoisotopic (exact) mass is 370 g/mol. The molecule has 8 nitrogen and oxygen atoms in total. The number of furan rings is 1. The van der Waals surface area contributed by atoms with E-state index in [0.717, 1.165) is 5.56 Å². The molecule has 0 radical (unpaired) electrons. The molecule has 2 N–H and O–H groups in total. The van der Waals surface area contributed by atoms with Crippen molar-refractivity contribution in [1.29, 1.82) is 0 Å². The lowest BCUT2D eigenvalue weighted by molar-refractivity contribution is -0.305. The molecule has 1 aromatic heterocycles. The van der Waals surface area contributed by atoms with Gasteiger partial charge in [0.25, 0.3) is 5.91 Å². The molecule has 8 heteroatoms. The van der Waals surface area contributed by atoms with Crippen molar-refractivity contribution in [2.24, 2.45) is 5.10 Å². The van der Waals surface area contributed by atoms with Crippen molar-refractivity contribution in [3.63, 3.8) is 0 Å². The second kappa shape index (κ2) is 9.33. The third-order valence-electron chi connectivity index (χ3n) is 3.80. The summed E-state index contributed by atoms with van der Waals surface area (Å²) in [4.78, 5) is 34.1. The van der Waals surface area contributed by atoms with Crippen LogP contribution in [0.25, 0.3) is 0 Å². The zero-order valence-corrected chi connectivity index (χ0v) is 15.1. The van der Waals surface area contributed by atoms with Gasteiger partial charge in [-0.15, -0.1) is 0 Å². The second-order valence-electron chi connectivity index (χ2n) is 5.88. The zero-order chi connectivity index (χ0) is 19.8. The van der Waals surface area contributed by atoms with E-state index >= 15 is 0 Å². The number of aryl methyl sites for hydroxylation is 1. The first-order chi connectivity index (χ1) is 12.9. The van der Waals surface area contributed by atoms with Crippen LogP contribution in [0.15, 0.2) is 46.1 Å². The minimum Gasteiger partial charge on any atom is -0.550 e. The quantitative estimate of drug-likeness (QED) is 0.539. The number of carboxylic acid groups (broad SMARTS) is 1. The van der Waals surface area contributed by atoms with Crippen LogP contribution in [0, 0.1) is 6.92 Å². The summed E-state index contributed by atoms with van der Waals surface area (Å²) in [6.07, 6.45) is 1.63. The molecule has 0 fully saturated rings. The fourth-order valence-corrected chi connectivity index (χ4v) is 2.29. The molecule has 2 amide bonds. The molecule has 0 saturated heterocycles. The van der Waals surface area contributed by atoms with Gasteiger partial charge in [-0.2, -0.15) is 5.10 Å². The number of rotatable bonds is 8. The smallest absolute Gasteiger partial charge is 0.274 e. The van der Waals surface area contributed by atoms with Crippen LogP contribution in [0.1, 0.15) is 47.9 Å². The van der Waals surface area contributed by atoms with Crippen molar-refractivity contribution >= 4 is 29.2 Å². The fraction of sp³-hybridized carbons (Fsp3) is 0.263. The van der Waals surface area contributed by atoms with Gasteiger partial charge in [0, 0.05) is 18.1 Å². The maximum Gasteiger partial charge on any atom is 0.274 e. The van der Waals surface area contributed by atoms with Crippen LogP contribution in [-0.2, 0) is 9.59 Å². The van der Waals surface area contributed by atoms with Gasteiger partial charge in [0.1, 0.15) is 5.76 Å². The molecule has 0 atom stereocenters. The van der Waals surface area contributed by atoms with Crippen LogP contribution in [0.4, 0.5) is 5.69 Å². The van der Waals surface area contributed by atoms with E-state index in [1.807, 2.05) is 0 Å². The summed E-state index contributed by atoms with van der Waals surface area (Å²) in [5, 5.41) is 17.1. The van der Waals surface area contributed by atoms with E-state index < -0.39 is 5.97 Å². The van der Waals surface area contributed by atoms with Gasteiger partial charge < -0.3 is 19.6 Å². The van der Waals surface area contributed by atoms with Gasteiger partial charge in [0.15, 0.2) is 0 Å². The van der Waals surface area contributed by atoms with Gasteiger partial charge in [-0.05, 0) is 50.5 Å². The van der Waals surface area contributed by atoms with Crippen molar-refractivity contribution in [1.82, 2.24) is 5.43 Å². The molecule has 0 bridgehead atoms. The summed E-state index contributed by atoms with van der Waals surface area (Å²) < 4.78 is 5.08.